The molecule has 23 heavy (non-hydrogen) atoms. The van der Waals surface area contributed by atoms with Gasteiger partial charge in [-0.05, 0) is 11.6 Å². The van der Waals surface area contributed by atoms with E-state index in [2.05, 4.69) is 10.4 Å². The average Bonchev–Trinajstić information content (AvgIpc) is 2.86. The van der Waals surface area contributed by atoms with Gasteiger partial charge in [0.05, 0.1) is 12.1 Å². The van der Waals surface area contributed by atoms with Crippen LogP contribution in [0.5, 0.6) is 0 Å². The third kappa shape index (κ3) is 2.94. The topological polar surface area (TPSA) is 67.1 Å². The van der Waals surface area contributed by atoms with Crippen LogP contribution < -0.4 is 5.32 Å². The monoisotopic (exact) mass is 325 g/mol. The Bertz CT molecular complexity index is 753. The molecule has 5 nitrogen and oxygen atoms in total. The highest BCUT2D eigenvalue weighted by molar-refractivity contribution is 5.87. The lowest BCUT2D eigenvalue weighted by molar-refractivity contribution is -0.138. The van der Waals surface area contributed by atoms with Crippen molar-refractivity contribution >= 4 is 5.97 Å². The van der Waals surface area contributed by atoms with Crippen LogP contribution in [0.3, 0.4) is 0 Å². The minimum atomic E-state index is -4.46. The summed E-state index contributed by atoms with van der Waals surface area (Å²) in [5, 5.41) is 16.3. The lowest BCUT2D eigenvalue weighted by Gasteiger charge is -2.17. The number of hydrogen-bond donors (Lipinski definition) is 2. The molecule has 0 saturated heterocycles. The molecule has 3 rings (SSSR count). The molecule has 1 aromatic heterocycles. The fraction of sp³-hybridized carbons (Fsp3) is 0.333. The lowest BCUT2D eigenvalue weighted by atomic mass is 10.1. The molecule has 1 aromatic carbocycles. The Morgan fingerprint density at radius 3 is 2.78 bits per heavy atom. The Balaban J connectivity index is 2.03. The first kappa shape index (κ1) is 15.5. The van der Waals surface area contributed by atoms with Crippen LogP contribution in [0, 0.1) is 0 Å². The molecule has 0 atom stereocenters. The Morgan fingerprint density at radius 2 is 2.09 bits per heavy atom. The average molecular weight is 325 g/mol. The van der Waals surface area contributed by atoms with E-state index >= 15 is 0 Å². The predicted molar refractivity (Wildman–Crippen MR) is 75.1 cm³/mol. The number of fused-ring (bicyclic) bond motifs is 1. The maximum absolute atomic E-state index is 13.1. The van der Waals surface area contributed by atoms with Crippen LogP contribution in [0.1, 0.15) is 32.9 Å². The van der Waals surface area contributed by atoms with E-state index in [1.54, 1.807) is 0 Å². The summed E-state index contributed by atoms with van der Waals surface area (Å²) in [5.41, 5.74) is 0.471. The standard InChI is InChI=1S/C15H14F3N3O2/c16-15(17,18)11-4-2-1-3-9(11)8-21-12-5-6-19-7-10(12)13(20-21)14(22)23/h1-4,19H,5-8H2,(H,22,23). The largest absolute Gasteiger partial charge is 0.476 e. The predicted octanol–water partition coefficient (Wildman–Crippen LogP) is 2.29. The molecule has 2 aromatic rings. The number of aromatic nitrogens is 2. The summed E-state index contributed by atoms with van der Waals surface area (Å²) in [6.07, 6.45) is -3.93. The van der Waals surface area contributed by atoms with Gasteiger partial charge in [-0.3, -0.25) is 4.68 Å². The van der Waals surface area contributed by atoms with Crippen molar-refractivity contribution in [3.63, 3.8) is 0 Å². The lowest BCUT2D eigenvalue weighted by Crippen LogP contribution is -2.26. The number of hydrogen-bond acceptors (Lipinski definition) is 3. The van der Waals surface area contributed by atoms with Crippen LogP contribution in [-0.4, -0.2) is 27.4 Å². The highest BCUT2D eigenvalue weighted by Crippen LogP contribution is 2.32. The van der Waals surface area contributed by atoms with E-state index in [4.69, 9.17) is 0 Å². The van der Waals surface area contributed by atoms with Crippen molar-refractivity contribution in [1.82, 2.24) is 15.1 Å². The van der Waals surface area contributed by atoms with E-state index in [9.17, 15) is 23.1 Å². The number of carboxylic acids is 1. The van der Waals surface area contributed by atoms with E-state index in [0.717, 1.165) is 6.07 Å². The second kappa shape index (κ2) is 5.69. The van der Waals surface area contributed by atoms with Gasteiger partial charge in [-0.15, -0.1) is 0 Å². The molecular formula is C15H14F3N3O2. The van der Waals surface area contributed by atoms with Crippen molar-refractivity contribution in [2.24, 2.45) is 0 Å². The molecule has 0 aliphatic carbocycles. The normalized spacial score (nSPS) is 14.6. The molecule has 1 aliphatic heterocycles. The number of carbonyl (C=O) groups is 1. The van der Waals surface area contributed by atoms with E-state index in [1.807, 2.05) is 0 Å². The van der Waals surface area contributed by atoms with Gasteiger partial charge in [0.25, 0.3) is 0 Å². The summed E-state index contributed by atoms with van der Waals surface area (Å²) < 4.78 is 40.6. The molecule has 0 amide bonds. The Morgan fingerprint density at radius 1 is 1.35 bits per heavy atom. The minimum Gasteiger partial charge on any atom is -0.476 e. The van der Waals surface area contributed by atoms with Crippen LogP contribution >= 0.6 is 0 Å². The molecule has 0 spiro atoms. The van der Waals surface area contributed by atoms with E-state index in [0.29, 0.717) is 30.8 Å². The first-order valence-electron chi connectivity index (χ1n) is 7.05. The van der Waals surface area contributed by atoms with Crippen LogP contribution in [0.15, 0.2) is 24.3 Å². The quantitative estimate of drug-likeness (QED) is 0.909. The maximum Gasteiger partial charge on any atom is 0.416 e. The number of aromatic carboxylic acids is 1. The molecule has 122 valence electrons. The summed E-state index contributed by atoms with van der Waals surface area (Å²) >= 11 is 0. The zero-order valence-corrected chi connectivity index (χ0v) is 12.0. The summed E-state index contributed by atoms with van der Waals surface area (Å²) in [6, 6.07) is 5.26. The van der Waals surface area contributed by atoms with Gasteiger partial charge in [0.1, 0.15) is 0 Å². The number of halogens is 3. The van der Waals surface area contributed by atoms with Gasteiger partial charge in [-0.25, -0.2) is 4.79 Å². The van der Waals surface area contributed by atoms with Crippen molar-refractivity contribution in [3.8, 4) is 0 Å². The molecule has 8 heteroatoms. The van der Waals surface area contributed by atoms with Crippen molar-refractivity contribution in [2.75, 3.05) is 6.54 Å². The van der Waals surface area contributed by atoms with Crippen LogP contribution in [0.25, 0.3) is 0 Å². The van der Waals surface area contributed by atoms with Gasteiger partial charge >= 0.3 is 12.1 Å². The van der Waals surface area contributed by atoms with E-state index in [1.165, 1.54) is 22.9 Å². The first-order valence-corrected chi connectivity index (χ1v) is 7.05. The molecule has 0 unspecified atom stereocenters. The van der Waals surface area contributed by atoms with E-state index < -0.39 is 17.7 Å². The number of benzene rings is 1. The SMILES string of the molecule is O=C(O)c1nn(Cc2ccccc2C(F)(F)F)c2c1CNCC2. The molecule has 0 fully saturated rings. The highest BCUT2D eigenvalue weighted by atomic mass is 19.4. The first-order chi connectivity index (χ1) is 10.9. The van der Waals surface area contributed by atoms with Crippen molar-refractivity contribution in [2.45, 2.75) is 25.7 Å². The van der Waals surface area contributed by atoms with E-state index in [-0.39, 0.29) is 17.8 Å². The summed E-state index contributed by atoms with van der Waals surface area (Å²) in [6.45, 7) is 0.891. The van der Waals surface area contributed by atoms with Crippen LogP contribution in [-0.2, 0) is 25.7 Å². The van der Waals surface area contributed by atoms with Gasteiger partial charge in [0, 0.05) is 30.8 Å². The Hall–Kier alpha value is -2.35. The van der Waals surface area contributed by atoms with Gasteiger partial charge in [-0.1, -0.05) is 18.2 Å². The van der Waals surface area contributed by atoms with Gasteiger partial charge in [0.2, 0.25) is 0 Å². The van der Waals surface area contributed by atoms with Crippen molar-refractivity contribution < 1.29 is 23.1 Å². The molecule has 0 bridgehead atoms. The number of carboxylic acid groups (broad SMARTS) is 1. The highest BCUT2D eigenvalue weighted by Gasteiger charge is 2.33. The van der Waals surface area contributed by atoms with Gasteiger partial charge < -0.3 is 10.4 Å². The number of nitrogens with zero attached hydrogens (tertiary/aromatic N) is 2. The third-order valence-electron chi connectivity index (χ3n) is 3.85. The van der Waals surface area contributed by atoms with Crippen LogP contribution in [0.2, 0.25) is 0 Å². The molecule has 2 N–H and O–H groups in total. The smallest absolute Gasteiger partial charge is 0.416 e. The van der Waals surface area contributed by atoms with Crippen molar-refractivity contribution in [3.05, 3.63) is 52.3 Å². The zero-order valence-electron chi connectivity index (χ0n) is 12.0. The summed E-state index contributed by atoms with van der Waals surface area (Å²) in [7, 11) is 0. The van der Waals surface area contributed by atoms with Gasteiger partial charge in [0.15, 0.2) is 5.69 Å². The molecule has 1 aliphatic rings. The second-order valence-corrected chi connectivity index (χ2v) is 5.32. The maximum atomic E-state index is 13.1. The van der Waals surface area contributed by atoms with Crippen molar-refractivity contribution in [1.29, 1.82) is 0 Å². The number of rotatable bonds is 3. The Labute approximate surface area is 129 Å². The third-order valence-corrected chi connectivity index (χ3v) is 3.85. The molecular weight excluding hydrogens is 311 g/mol. The Kier molecular flexibility index (Phi) is 3.85. The summed E-state index contributed by atoms with van der Waals surface area (Å²) in [5.74, 6) is -1.17. The van der Waals surface area contributed by atoms with Gasteiger partial charge in [-0.2, -0.15) is 18.3 Å². The van der Waals surface area contributed by atoms with Crippen LogP contribution in [0.4, 0.5) is 13.2 Å². The summed E-state index contributed by atoms with van der Waals surface area (Å²) in [4.78, 5) is 11.3. The molecule has 0 radical (unpaired) electrons. The fourth-order valence-corrected chi connectivity index (χ4v) is 2.82. The second-order valence-electron chi connectivity index (χ2n) is 5.32. The minimum absolute atomic E-state index is 0.0702. The fourth-order valence-electron chi connectivity index (χ4n) is 2.82. The molecule has 0 saturated carbocycles. The zero-order chi connectivity index (χ0) is 16.6. The molecule has 2 heterocycles. The number of alkyl halides is 3. The number of nitrogens with one attached hydrogen (secondary N) is 1.